The first-order valence-electron chi connectivity index (χ1n) is 7.84. The van der Waals surface area contributed by atoms with Crippen molar-refractivity contribution in [2.45, 2.75) is 46.6 Å². The first-order valence-corrected chi connectivity index (χ1v) is 7.84. The van der Waals surface area contributed by atoms with Crippen molar-refractivity contribution in [3.05, 3.63) is 34.9 Å². The number of Topliss-reactive ketones (excluding diaryl/α,β-unsaturated/α-hetero) is 1. The molecule has 1 aromatic rings. The summed E-state index contributed by atoms with van der Waals surface area (Å²) >= 11 is 0. The molecule has 0 spiro atoms. The summed E-state index contributed by atoms with van der Waals surface area (Å²) in [6.45, 7) is 10.9. The Labute approximate surface area is 123 Å². The monoisotopic (exact) mass is 274 g/mol. The molecule has 0 saturated heterocycles. The van der Waals surface area contributed by atoms with Crippen molar-refractivity contribution in [2.75, 3.05) is 20.1 Å². The molecule has 0 aliphatic carbocycles. The number of carbonyl (C=O) groups is 1. The molecule has 2 rings (SSSR count). The average molecular weight is 274 g/mol. The minimum Gasteiger partial charge on any atom is -0.324 e. The van der Waals surface area contributed by atoms with Crippen molar-refractivity contribution in [1.29, 1.82) is 0 Å². The fourth-order valence-corrected chi connectivity index (χ4v) is 2.97. The van der Waals surface area contributed by atoms with E-state index in [4.69, 9.17) is 0 Å². The molecular weight excluding hydrogens is 246 g/mol. The second-order valence-corrected chi connectivity index (χ2v) is 7.02. The van der Waals surface area contributed by atoms with Crippen molar-refractivity contribution >= 4 is 5.78 Å². The van der Waals surface area contributed by atoms with Crippen LogP contribution < -0.4 is 0 Å². The molecule has 0 aromatic heterocycles. The van der Waals surface area contributed by atoms with Crippen molar-refractivity contribution in [1.82, 2.24) is 0 Å². The summed E-state index contributed by atoms with van der Waals surface area (Å²) in [5, 5.41) is 0. The third-order valence-electron chi connectivity index (χ3n) is 5.05. The van der Waals surface area contributed by atoms with Gasteiger partial charge in [-0.2, -0.15) is 0 Å². The molecule has 110 valence electrons. The number of hydrogen-bond donors (Lipinski definition) is 0. The van der Waals surface area contributed by atoms with Crippen LogP contribution in [0.2, 0.25) is 0 Å². The van der Waals surface area contributed by atoms with E-state index in [0.29, 0.717) is 6.04 Å². The Balaban J connectivity index is 2.26. The molecular formula is C18H28NO+. The third kappa shape index (κ3) is 2.95. The van der Waals surface area contributed by atoms with E-state index < -0.39 is 0 Å². The molecule has 2 nitrogen and oxygen atoms in total. The minimum absolute atomic E-state index is 0.0792. The van der Waals surface area contributed by atoms with Gasteiger partial charge in [0.05, 0.1) is 26.2 Å². The number of quaternary nitrogens is 1. The molecule has 1 atom stereocenters. The predicted octanol–water partition coefficient (Wildman–Crippen LogP) is 3.48. The maximum atomic E-state index is 12.1. The van der Waals surface area contributed by atoms with E-state index in [2.05, 4.69) is 33.0 Å². The summed E-state index contributed by atoms with van der Waals surface area (Å²) in [4.78, 5) is 12.1. The number of ketones is 1. The van der Waals surface area contributed by atoms with E-state index in [1.165, 1.54) is 24.2 Å². The van der Waals surface area contributed by atoms with E-state index >= 15 is 0 Å². The Morgan fingerprint density at radius 2 is 1.65 bits per heavy atom. The van der Waals surface area contributed by atoms with Gasteiger partial charge >= 0.3 is 0 Å². The van der Waals surface area contributed by atoms with Gasteiger partial charge in [0.15, 0.2) is 5.78 Å². The third-order valence-corrected chi connectivity index (χ3v) is 5.05. The smallest absolute Gasteiger partial charge is 0.165 e. The Kier molecular flexibility index (Phi) is 4.33. The zero-order chi connectivity index (χ0) is 14.9. The molecule has 1 aliphatic heterocycles. The van der Waals surface area contributed by atoms with Gasteiger partial charge < -0.3 is 4.48 Å². The second-order valence-electron chi connectivity index (χ2n) is 7.02. The van der Waals surface area contributed by atoms with Gasteiger partial charge in [0.2, 0.25) is 0 Å². The standard InChI is InChI=1S/C18H28NO/c1-13(2)18(20)17-7-6-15-8-10-19(5,14(3)4)11-9-16(15)12-17/h6-7,12-14H,8-11H2,1-5H3/q+1. The Morgan fingerprint density at radius 1 is 1.05 bits per heavy atom. The fraction of sp³-hybridized carbons (Fsp3) is 0.611. The van der Waals surface area contributed by atoms with Gasteiger partial charge in [0.1, 0.15) is 0 Å². The largest absolute Gasteiger partial charge is 0.324 e. The SMILES string of the molecule is CC(C)C(=O)c1ccc2c(c1)CC[N+](C)(C(C)C)CC2. The van der Waals surface area contributed by atoms with Crippen LogP contribution in [-0.4, -0.2) is 36.4 Å². The number of hydrogen-bond acceptors (Lipinski definition) is 1. The molecule has 0 bridgehead atoms. The summed E-state index contributed by atoms with van der Waals surface area (Å²) in [7, 11) is 2.36. The molecule has 20 heavy (non-hydrogen) atoms. The van der Waals surface area contributed by atoms with Gasteiger partial charge in [-0.15, -0.1) is 0 Å². The highest BCUT2D eigenvalue weighted by Crippen LogP contribution is 2.23. The number of nitrogens with zero attached hydrogens (tertiary/aromatic N) is 1. The number of benzene rings is 1. The molecule has 1 aliphatic rings. The average Bonchev–Trinajstić information content (AvgIpc) is 2.58. The zero-order valence-electron chi connectivity index (χ0n) is 13.6. The number of carbonyl (C=O) groups excluding carboxylic acids is 1. The maximum Gasteiger partial charge on any atom is 0.165 e. The van der Waals surface area contributed by atoms with Crippen molar-refractivity contribution in [3.63, 3.8) is 0 Å². The highest BCUT2D eigenvalue weighted by atomic mass is 16.1. The molecule has 0 radical (unpaired) electrons. The van der Waals surface area contributed by atoms with Crippen LogP contribution in [0.25, 0.3) is 0 Å². The first-order chi connectivity index (χ1) is 9.33. The molecule has 2 heteroatoms. The molecule has 0 amide bonds. The van der Waals surface area contributed by atoms with Crippen LogP contribution >= 0.6 is 0 Å². The summed E-state index contributed by atoms with van der Waals surface area (Å²) in [5.74, 6) is 0.341. The Bertz CT molecular complexity index is 504. The summed E-state index contributed by atoms with van der Waals surface area (Å²) < 4.78 is 1.13. The Hall–Kier alpha value is -1.15. The summed E-state index contributed by atoms with van der Waals surface area (Å²) in [6.07, 6.45) is 2.21. The van der Waals surface area contributed by atoms with E-state index in [9.17, 15) is 4.79 Å². The van der Waals surface area contributed by atoms with Crippen LogP contribution in [0.3, 0.4) is 0 Å². The number of likely N-dealkylation sites (N-methyl/N-ethyl adjacent to an activating group) is 1. The number of rotatable bonds is 3. The normalized spacial score (nSPS) is 22.8. The molecule has 1 unspecified atom stereocenters. The molecule has 0 saturated carbocycles. The minimum atomic E-state index is 0.0792. The lowest BCUT2D eigenvalue weighted by Gasteiger charge is -2.37. The lowest BCUT2D eigenvalue weighted by Crippen LogP contribution is -2.51. The first kappa shape index (κ1) is 15.2. The van der Waals surface area contributed by atoms with E-state index in [0.717, 1.165) is 22.9 Å². The second kappa shape index (κ2) is 5.69. The van der Waals surface area contributed by atoms with E-state index in [1.54, 1.807) is 0 Å². The summed E-state index contributed by atoms with van der Waals surface area (Å²) in [5.41, 5.74) is 3.71. The van der Waals surface area contributed by atoms with Crippen molar-refractivity contribution in [3.8, 4) is 0 Å². The summed E-state index contributed by atoms with van der Waals surface area (Å²) in [6, 6.07) is 7.00. The molecule has 0 fully saturated rings. The molecule has 1 aromatic carbocycles. The molecule has 1 heterocycles. The maximum absolute atomic E-state index is 12.1. The quantitative estimate of drug-likeness (QED) is 0.609. The van der Waals surface area contributed by atoms with Crippen molar-refractivity contribution in [2.24, 2.45) is 5.92 Å². The predicted molar refractivity (Wildman–Crippen MR) is 84.1 cm³/mol. The highest BCUT2D eigenvalue weighted by molar-refractivity contribution is 5.97. The van der Waals surface area contributed by atoms with Crippen LogP contribution in [0.15, 0.2) is 18.2 Å². The fourth-order valence-electron chi connectivity index (χ4n) is 2.97. The number of fused-ring (bicyclic) bond motifs is 1. The Morgan fingerprint density at radius 3 is 2.20 bits per heavy atom. The van der Waals surface area contributed by atoms with E-state index in [-0.39, 0.29) is 11.7 Å². The van der Waals surface area contributed by atoms with Crippen LogP contribution in [-0.2, 0) is 12.8 Å². The van der Waals surface area contributed by atoms with Gasteiger partial charge in [-0.1, -0.05) is 26.0 Å². The molecule has 0 N–H and O–H groups in total. The van der Waals surface area contributed by atoms with Gasteiger partial charge in [-0.05, 0) is 31.0 Å². The lowest BCUT2D eigenvalue weighted by molar-refractivity contribution is -0.928. The van der Waals surface area contributed by atoms with Crippen LogP contribution in [0.1, 0.15) is 49.2 Å². The van der Waals surface area contributed by atoms with Crippen molar-refractivity contribution < 1.29 is 9.28 Å². The zero-order valence-corrected chi connectivity index (χ0v) is 13.6. The topological polar surface area (TPSA) is 17.1 Å². The van der Waals surface area contributed by atoms with Gasteiger partial charge in [0.25, 0.3) is 0 Å². The van der Waals surface area contributed by atoms with Crippen LogP contribution in [0.5, 0.6) is 0 Å². The van der Waals surface area contributed by atoms with Gasteiger partial charge in [-0.3, -0.25) is 4.79 Å². The lowest BCUT2D eigenvalue weighted by atomic mass is 9.95. The van der Waals surface area contributed by atoms with Gasteiger partial charge in [-0.25, -0.2) is 0 Å². The van der Waals surface area contributed by atoms with Crippen LogP contribution in [0.4, 0.5) is 0 Å². The highest BCUT2D eigenvalue weighted by Gasteiger charge is 2.29. The van der Waals surface area contributed by atoms with Gasteiger partial charge in [0, 0.05) is 24.3 Å². The van der Waals surface area contributed by atoms with Crippen LogP contribution in [0, 0.1) is 5.92 Å². The van der Waals surface area contributed by atoms with E-state index in [1.807, 2.05) is 19.9 Å².